The Morgan fingerprint density at radius 1 is 1.19 bits per heavy atom. The van der Waals surface area contributed by atoms with Gasteiger partial charge >= 0.3 is 6.03 Å². The van der Waals surface area contributed by atoms with E-state index in [0.717, 1.165) is 24.2 Å². The van der Waals surface area contributed by atoms with Gasteiger partial charge in [-0.3, -0.25) is 0 Å². The number of hydrogen-bond donors (Lipinski definition) is 1. The first-order valence-corrected chi connectivity index (χ1v) is 8.85. The van der Waals surface area contributed by atoms with Gasteiger partial charge in [0.25, 0.3) is 0 Å². The fraction of sp³-hybridized carbons (Fsp3) is 0.250. The normalized spacial score (nSPS) is 16.3. The quantitative estimate of drug-likeness (QED) is 0.753. The van der Waals surface area contributed by atoms with Crippen molar-refractivity contribution in [3.8, 4) is 17.1 Å². The molecule has 1 N–H and O–H groups in total. The van der Waals surface area contributed by atoms with Crippen molar-refractivity contribution in [1.29, 1.82) is 0 Å². The average molecular weight is 364 g/mol. The maximum absolute atomic E-state index is 12.7. The van der Waals surface area contributed by atoms with E-state index in [-0.39, 0.29) is 12.1 Å². The zero-order chi connectivity index (χ0) is 18.6. The highest BCUT2D eigenvalue weighted by atomic mass is 16.5. The van der Waals surface area contributed by atoms with Crippen molar-refractivity contribution in [2.45, 2.75) is 18.9 Å². The van der Waals surface area contributed by atoms with E-state index >= 15 is 0 Å². The van der Waals surface area contributed by atoms with Crippen molar-refractivity contribution in [3.05, 3.63) is 60.5 Å². The smallest absolute Gasteiger partial charge is 0.322 e. The van der Waals surface area contributed by atoms with Crippen LogP contribution in [0.4, 0.5) is 10.5 Å². The van der Waals surface area contributed by atoms with Crippen molar-refractivity contribution in [3.63, 3.8) is 0 Å². The van der Waals surface area contributed by atoms with Gasteiger partial charge in [-0.2, -0.15) is 4.98 Å². The summed E-state index contributed by atoms with van der Waals surface area (Å²) < 4.78 is 10.6. The molecule has 1 atom stereocenters. The van der Waals surface area contributed by atoms with Crippen LogP contribution in [-0.4, -0.2) is 34.7 Å². The molecule has 0 radical (unpaired) electrons. The maximum Gasteiger partial charge on any atom is 0.322 e. The van der Waals surface area contributed by atoms with Crippen molar-refractivity contribution >= 4 is 11.7 Å². The van der Waals surface area contributed by atoms with Gasteiger partial charge in [-0.1, -0.05) is 35.5 Å². The van der Waals surface area contributed by atoms with Gasteiger partial charge in [-0.15, -0.1) is 0 Å². The summed E-state index contributed by atoms with van der Waals surface area (Å²) in [6, 6.07) is 16.5. The summed E-state index contributed by atoms with van der Waals surface area (Å²) in [5.41, 5.74) is 1.60. The molecule has 138 valence electrons. The van der Waals surface area contributed by atoms with E-state index in [4.69, 9.17) is 9.26 Å². The van der Waals surface area contributed by atoms with Crippen LogP contribution in [0, 0.1) is 0 Å². The molecule has 7 nitrogen and oxygen atoms in total. The summed E-state index contributed by atoms with van der Waals surface area (Å²) in [6.45, 7) is 0.649. The Labute approximate surface area is 156 Å². The van der Waals surface area contributed by atoms with Gasteiger partial charge in [0.15, 0.2) is 0 Å². The standard InChI is InChI=1S/C20H20N4O3/c1-26-16-11-9-15(10-12-16)21-20(25)24-13-5-8-17(24)19-22-18(23-27-19)14-6-3-2-4-7-14/h2-4,6-7,9-12,17H,5,8,13H2,1H3,(H,21,25)/t17-/m0/s1. The van der Waals surface area contributed by atoms with Crippen molar-refractivity contribution in [2.75, 3.05) is 19.0 Å². The molecule has 7 heteroatoms. The van der Waals surface area contributed by atoms with E-state index in [0.29, 0.717) is 23.9 Å². The number of hydrogen-bond acceptors (Lipinski definition) is 5. The minimum atomic E-state index is -0.215. The second-order valence-corrected chi connectivity index (χ2v) is 6.33. The Bertz CT molecular complexity index is 908. The zero-order valence-corrected chi connectivity index (χ0v) is 15.0. The molecule has 1 saturated heterocycles. The van der Waals surface area contributed by atoms with Crippen LogP contribution < -0.4 is 10.1 Å². The lowest BCUT2D eigenvalue weighted by Crippen LogP contribution is -2.34. The van der Waals surface area contributed by atoms with Crippen LogP contribution in [0.25, 0.3) is 11.4 Å². The minimum Gasteiger partial charge on any atom is -0.497 e. The van der Waals surface area contributed by atoms with Crippen LogP contribution in [0.15, 0.2) is 59.1 Å². The molecule has 2 aromatic carbocycles. The summed E-state index contributed by atoms with van der Waals surface area (Å²) in [5.74, 6) is 1.75. The molecule has 27 heavy (non-hydrogen) atoms. The first-order chi connectivity index (χ1) is 13.2. The van der Waals surface area contributed by atoms with Crippen LogP contribution in [0.3, 0.4) is 0 Å². The lowest BCUT2D eigenvalue weighted by Gasteiger charge is -2.22. The van der Waals surface area contributed by atoms with Crippen LogP contribution in [0.2, 0.25) is 0 Å². The first-order valence-electron chi connectivity index (χ1n) is 8.85. The summed E-state index contributed by atoms with van der Waals surface area (Å²) >= 11 is 0. The van der Waals surface area contributed by atoms with Crippen molar-refractivity contribution < 1.29 is 14.1 Å². The number of methoxy groups -OCH3 is 1. The van der Waals surface area contributed by atoms with E-state index in [2.05, 4.69) is 15.5 Å². The van der Waals surface area contributed by atoms with Gasteiger partial charge in [-0.05, 0) is 37.1 Å². The number of rotatable bonds is 4. The van der Waals surface area contributed by atoms with Crippen LogP contribution in [0.5, 0.6) is 5.75 Å². The Morgan fingerprint density at radius 2 is 1.96 bits per heavy atom. The molecule has 1 aliphatic heterocycles. The summed E-state index contributed by atoms with van der Waals surface area (Å²) in [5, 5.41) is 6.98. The summed E-state index contributed by atoms with van der Waals surface area (Å²) in [6.07, 6.45) is 1.69. The molecule has 4 rings (SSSR count). The number of ether oxygens (including phenoxy) is 1. The molecule has 0 aliphatic carbocycles. The third kappa shape index (κ3) is 3.62. The number of amides is 2. The maximum atomic E-state index is 12.7. The van der Waals surface area contributed by atoms with Gasteiger partial charge in [0.1, 0.15) is 11.8 Å². The summed E-state index contributed by atoms with van der Waals surface area (Å²) in [4.78, 5) is 19.0. The third-order valence-corrected chi connectivity index (χ3v) is 4.61. The monoisotopic (exact) mass is 364 g/mol. The second-order valence-electron chi connectivity index (χ2n) is 6.33. The SMILES string of the molecule is COc1ccc(NC(=O)N2CCC[C@H]2c2nc(-c3ccccc3)no2)cc1. The number of urea groups is 1. The lowest BCUT2D eigenvalue weighted by atomic mass is 10.2. The Morgan fingerprint density at radius 3 is 2.70 bits per heavy atom. The largest absolute Gasteiger partial charge is 0.497 e. The van der Waals surface area contributed by atoms with Gasteiger partial charge in [-0.25, -0.2) is 4.79 Å². The highest BCUT2D eigenvalue weighted by Gasteiger charge is 2.34. The molecule has 2 amide bonds. The van der Waals surface area contributed by atoms with E-state index in [9.17, 15) is 4.79 Å². The molecule has 2 heterocycles. The fourth-order valence-electron chi connectivity index (χ4n) is 3.21. The Kier molecular flexibility index (Phi) is 4.74. The van der Waals surface area contributed by atoms with Crippen LogP contribution >= 0.6 is 0 Å². The number of likely N-dealkylation sites (tertiary alicyclic amines) is 1. The highest BCUT2D eigenvalue weighted by Crippen LogP contribution is 2.32. The predicted molar refractivity (Wildman–Crippen MR) is 100 cm³/mol. The van der Waals surface area contributed by atoms with Crippen LogP contribution in [0.1, 0.15) is 24.8 Å². The highest BCUT2D eigenvalue weighted by molar-refractivity contribution is 5.89. The lowest BCUT2D eigenvalue weighted by molar-refractivity contribution is 0.193. The second kappa shape index (κ2) is 7.49. The topological polar surface area (TPSA) is 80.5 Å². The molecular weight excluding hydrogens is 344 g/mol. The van der Waals surface area contributed by atoms with Crippen molar-refractivity contribution in [2.24, 2.45) is 0 Å². The number of aromatic nitrogens is 2. The number of nitrogens with zero attached hydrogens (tertiary/aromatic N) is 3. The number of benzene rings is 2. The molecular formula is C20H20N4O3. The number of anilines is 1. The third-order valence-electron chi connectivity index (χ3n) is 4.61. The van der Waals surface area contributed by atoms with E-state index in [1.54, 1.807) is 24.1 Å². The van der Waals surface area contributed by atoms with Crippen LogP contribution in [-0.2, 0) is 0 Å². The molecule has 0 bridgehead atoms. The Hall–Kier alpha value is -3.35. The van der Waals surface area contributed by atoms with Gasteiger partial charge in [0.05, 0.1) is 7.11 Å². The number of nitrogens with one attached hydrogen (secondary N) is 1. The molecule has 0 spiro atoms. The molecule has 0 unspecified atom stereocenters. The average Bonchev–Trinajstić information content (AvgIpc) is 3.38. The van der Waals surface area contributed by atoms with Gasteiger partial charge in [0.2, 0.25) is 11.7 Å². The molecule has 3 aromatic rings. The van der Waals surface area contributed by atoms with Gasteiger partial charge in [0, 0.05) is 17.8 Å². The number of carbonyl (C=O) groups is 1. The number of carbonyl (C=O) groups excluding carboxylic acids is 1. The fourth-order valence-corrected chi connectivity index (χ4v) is 3.21. The van der Waals surface area contributed by atoms with E-state index < -0.39 is 0 Å². The molecule has 1 aromatic heterocycles. The summed E-state index contributed by atoms with van der Waals surface area (Å²) in [7, 11) is 1.61. The van der Waals surface area contributed by atoms with E-state index in [1.807, 2.05) is 42.5 Å². The zero-order valence-electron chi connectivity index (χ0n) is 15.0. The Balaban J connectivity index is 1.48. The predicted octanol–water partition coefficient (Wildman–Crippen LogP) is 4.11. The first kappa shape index (κ1) is 17.1. The minimum absolute atomic E-state index is 0.179. The molecule has 1 aliphatic rings. The molecule has 1 fully saturated rings. The van der Waals surface area contributed by atoms with Gasteiger partial charge < -0.3 is 19.5 Å². The van der Waals surface area contributed by atoms with Crippen molar-refractivity contribution in [1.82, 2.24) is 15.0 Å². The molecule has 0 saturated carbocycles. The van der Waals surface area contributed by atoms with E-state index in [1.165, 1.54) is 0 Å².